The Hall–Kier alpha value is -1.30. The predicted molar refractivity (Wildman–Crippen MR) is 80.0 cm³/mol. The molecule has 1 fully saturated rings. The van der Waals surface area contributed by atoms with Gasteiger partial charge in [0.25, 0.3) is 0 Å². The van der Waals surface area contributed by atoms with E-state index in [4.69, 9.17) is 9.47 Å². The molecule has 2 N–H and O–H groups in total. The molecule has 0 aromatic heterocycles. The number of rotatable bonds is 4. The second-order valence-corrected chi connectivity index (χ2v) is 6.80. The van der Waals surface area contributed by atoms with Crippen molar-refractivity contribution >= 4 is 12.0 Å². The van der Waals surface area contributed by atoms with Gasteiger partial charge in [-0.1, -0.05) is 0 Å². The maximum atomic E-state index is 11.7. The van der Waals surface area contributed by atoms with Gasteiger partial charge < -0.3 is 20.1 Å². The summed E-state index contributed by atoms with van der Waals surface area (Å²) >= 11 is 0. The van der Waals surface area contributed by atoms with Crippen LogP contribution in [0.4, 0.5) is 4.79 Å². The number of hydrogen-bond acceptors (Lipinski definition) is 4. The average molecular weight is 300 g/mol. The van der Waals surface area contributed by atoms with Gasteiger partial charge in [0.2, 0.25) is 5.91 Å². The fraction of sp³-hybridized carbons (Fsp3) is 0.867. The topological polar surface area (TPSA) is 76.7 Å². The van der Waals surface area contributed by atoms with Crippen LogP contribution in [0.15, 0.2) is 0 Å². The zero-order valence-corrected chi connectivity index (χ0v) is 13.7. The maximum absolute atomic E-state index is 11.7. The Kier molecular flexibility index (Phi) is 6.45. The summed E-state index contributed by atoms with van der Waals surface area (Å²) in [7, 11) is 0. The molecule has 1 rings (SSSR count). The van der Waals surface area contributed by atoms with Crippen LogP contribution in [-0.4, -0.2) is 42.4 Å². The Labute approximate surface area is 126 Å². The van der Waals surface area contributed by atoms with Gasteiger partial charge in [0.1, 0.15) is 5.60 Å². The van der Waals surface area contributed by atoms with Crippen LogP contribution in [0.5, 0.6) is 0 Å². The zero-order valence-electron chi connectivity index (χ0n) is 13.7. The van der Waals surface area contributed by atoms with E-state index in [0.29, 0.717) is 13.0 Å². The smallest absolute Gasteiger partial charge is 0.407 e. The minimum atomic E-state index is -0.503. The molecular formula is C15H28N2O4. The quantitative estimate of drug-likeness (QED) is 0.832. The second kappa shape index (κ2) is 7.64. The second-order valence-electron chi connectivity index (χ2n) is 6.80. The van der Waals surface area contributed by atoms with Crippen molar-refractivity contribution in [2.45, 2.75) is 77.7 Å². The van der Waals surface area contributed by atoms with Crippen molar-refractivity contribution in [1.29, 1.82) is 0 Å². The summed E-state index contributed by atoms with van der Waals surface area (Å²) in [6, 6.07) is 0.0898. The highest BCUT2D eigenvalue weighted by atomic mass is 16.6. The largest absolute Gasteiger partial charge is 0.444 e. The van der Waals surface area contributed by atoms with Gasteiger partial charge >= 0.3 is 6.09 Å². The lowest BCUT2D eigenvalue weighted by molar-refractivity contribution is -0.125. The molecule has 1 aliphatic heterocycles. The van der Waals surface area contributed by atoms with Crippen LogP contribution >= 0.6 is 0 Å². The van der Waals surface area contributed by atoms with Crippen LogP contribution in [0.25, 0.3) is 0 Å². The predicted octanol–water partition coefficient (Wildman–Crippen LogP) is 1.97. The molecule has 21 heavy (non-hydrogen) atoms. The highest BCUT2D eigenvalue weighted by Crippen LogP contribution is 2.17. The third-order valence-electron chi connectivity index (χ3n) is 2.95. The first-order chi connectivity index (χ1) is 9.65. The molecule has 1 aliphatic rings. The Balaban J connectivity index is 2.26. The van der Waals surface area contributed by atoms with Gasteiger partial charge in [-0.25, -0.2) is 4.79 Å². The third kappa shape index (κ3) is 7.90. The van der Waals surface area contributed by atoms with Crippen LogP contribution in [0.3, 0.4) is 0 Å². The maximum Gasteiger partial charge on any atom is 0.407 e. The molecule has 2 atom stereocenters. The van der Waals surface area contributed by atoms with Gasteiger partial charge in [-0.2, -0.15) is 0 Å². The molecular weight excluding hydrogens is 272 g/mol. The van der Waals surface area contributed by atoms with Crippen molar-refractivity contribution in [2.75, 3.05) is 6.61 Å². The first-order valence-electron chi connectivity index (χ1n) is 7.56. The number of nitrogens with one attached hydrogen (secondary N) is 2. The van der Waals surface area contributed by atoms with Gasteiger partial charge in [-0.3, -0.25) is 4.79 Å². The van der Waals surface area contributed by atoms with Gasteiger partial charge in [-0.05, 0) is 47.5 Å². The van der Waals surface area contributed by atoms with Crippen LogP contribution < -0.4 is 10.6 Å². The summed E-state index contributed by atoms with van der Waals surface area (Å²) < 4.78 is 10.8. The average Bonchev–Trinajstić information content (AvgIpc) is 2.27. The Morgan fingerprint density at radius 1 is 1.29 bits per heavy atom. The van der Waals surface area contributed by atoms with Gasteiger partial charge in [0.05, 0.1) is 25.2 Å². The molecule has 0 saturated carbocycles. The van der Waals surface area contributed by atoms with Crippen LogP contribution in [0.2, 0.25) is 0 Å². The fourth-order valence-corrected chi connectivity index (χ4v) is 2.14. The Bertz CT molecular complexity index is 355. The SMILES string of the molecule is CC(C)NC(=O)C[C@@H]1CC[C@@H](NC(=O)OC(C)(C)C)CO1. The van der Waals surface area contributed by atoms with E-state index in [0.717, 1.165) is 12.8 Å². The minimum absolute atomic E-state index is 0.00792. The van der Waals surface area contributed by atoms with Crippen LogP contribution in [0.1, 0.15) is 53.9 Å². The highest BCUT2D eigenvalue weighted by Gasteiger charge is 2.26. The monoisotopic (exact) mass is 300 g/mol. The number of carbonyl (C=O) groups excluding carboxylic acids is 2. The van der Waals surface area contributed by atoms with Crippen molar-refractivity contribution in [3.8, 4) is 0 Å². The molecule has 0 aromatic rings. The van der Waals surface area contributed by atoms with E-state index < -0.39 is 11.7 Å². The van der Waals surface area contributed by atoms with Crippen molar-refractivity contribution in [2.24, 2.45) is 0 Å². The van der Waals surface area contributed by atoms with Crippen molar-refractivity contribution < 1.29 is 19.1 Å². The summed E-state index contributed by atoms with van der Waals surface area (Å²) in [6.45, 7) is 9.76. The summed E-state index contributed by atoms with van der Waals surface area (Å²) in [4.78, 5) is 23.3. The van der Waals surface area contributed by atoms with E-state index in [-0.39, 0.29) is 24.1 Å². The van der Waals surface area contributed by atoms with Crippen LogP contribution in [-0.2, 0) is 14.3 Å². The molecule has 1 heterocycles. The number of ether oxygens (including phenoxy) is 2. The van der Waals surface area contributed by atoms with Crippen molar-refractivity contribution in [3.63, 3.8) is 0 Å². The standard InChI is InChI=1S/C15H28N2O4/c1-10(2)16-13(18)8-12-7-6-11(9-20-12)17-14(19)21-15(3,4)5/h10-12H,6-9H2,1-5H3,(H,16,18)(H,17,19)/t11-,12+/m1/s1. The minimum Gasteiger partial charge on any atom is -0.444 e. The Morgan fingerprint density at radius 2 is 1.95 bits per heavy atom. The number of carbonyl (C=O) groups is 2. The Morgan fingerprint density at radius 3 is 2.43 bits per heavy atom. The molecule has 6 heteroatoms. The lowest BCUT2D eigenvalue weighted by atomic mass is 10.0. The molecule has 0 aromatic carbocycles. The van der Waals surface area contributed by atoms with E-state index >= 15 is 0 Å². The summed E-state index contributed by atoms with van der Waals surface area (Å²) in [5.41, 5.74) is -0.503. The number of amides is 2. The van der Waals surface area contributed by atoms with Crippen LogP contribution in [0, 0.1) is 0 Å². The highest BCUT2D eigenvalue weighted by molar-refractivity contribution is 5.76. The van der Waals surface area contributed by atoms with E-state index in [1.807, 2.05) is 34.6 Å². The van der Waals surface area contributed by atoms with E-state index in [9.17, 15) is 9.59 Å². The van der Waals surface area contributed by atoms with E-state index in [2.05, 4.69) is 10.6 Å². The lowest BCUT2D eigenvalue weighted by Gasteiger charge is -2.30. The fourth-order valence-electron chi connectivity index (χ4n) is 2.14. The lowest BCUT2D eigenvalue weighted by Crippen LogP contribution is -2.45. The zero-order chi connectivity index (χ0) is 16.0. The summed E-state index contributed by atoms with van der Waals surface area (Å²) in [5, 5.41) is 5.65. The van der Waals surface area contributed by atoms with Gasteiger partial charge in [-0.15, -0.1) is 0 Å². The van der Waals surface area contributed by atoms with Gasteiger partial charge in [0.15, 0.2) is 0 Å². The van der Waals surface area contributed by atoms with Crippen molar-refractivity contribution in [3.05, 3.63) is 0 Å². The number of hydrogen-bond donors (Lipinski definition) is 2. The molecule has 0 aliphatic carbocycles. The first kappa shape index (κ1) is 17.8. The molecule has 0 spiro atoms. The molecule has 0 unspecified atom stereocenters. The molecule has 6 nitrogen and oxygen atoms in total. The normalized spacial score (nSPS) is 22.8. The molecule has 0 radical (unpaired) electrons. The molecule has 122 valence electrons. The molecule has 0 bridgehead atoms. The third-order valence-corrected chi connectivity index (χ3v) is 2.95. The first-order valence-corrected chi connectivity index (χ1v) is 7.56. The van der Waals surface area contributed by atoms with E-state index in [1.54, 1.807) is 0 Å². The summed E-state index contributed by atoms with van der Waals surface area (Å²) in [6.07, 6.45) is 1.43. The van der Waals surface area contributed by atoms with Crippen molar-refractivity contribution in [1.82, 2.24) is 10.6 Å². The van der Waals surface area contributed by atoms with Gasteiger partial charge in [0, 0.05) is 6.04 Å². The summed E-state index contributed by atoms with van der Waals surface area (Å²) in [5.74, 6) is 0.00792. The number of alkyl carbamates (subject to hydrolysis) is 1. The molecule has 1 saturated heterocycles. The molecule has 2 amide bonds. The van der Waals surface area contributed by atoms with E-state index in [1.165, 1.54) is 0 Å².